The summed E-state index contributed by atoms with van der Waals surface area (Å²) in [6.45, 7) is 4.95. The van der Waals surface area contributed by atoms with Crippen molar-refractivity contribution in [1.29, 1.82) is 0 Å². The fourth-order valence-corrected chi connectivity index (χ4v) is 6.85. The van der Waals surface area contributed by atoms with E-state index in [0.29, 0.717) is 30.8 Å². The molecule has 2 aliphatic rings. The van der Waals surface area contributed by atoms with Crippen molar-refractivity contribution in [3.8, 4) is 5.75 Å². The quantitative estimate of drug-likeness (QED) is 0.539. The normalized spacial score (nSPS) is 20.9. The number of ether oxygens (including phenoxy) is 1. The average Bonchev–Trinajstić information content (AvgIpc) is 2.88. The van der Waals surface area contributed by atoms with Crippen LogP contribution in [0.2, 0.25) is 0 Å². The monoisotopic (exact) mass is 502 g/mol. The van der Waals surface area contributed by atoms with Crippen LogP contribution in [0.1, 0.15) is 57.6 Å². The number of amides is 1. The van der Waals surface area contributed by atoms with Crippen LogP contribution in [0.15, 0.2) is 58.3 Å². The molecule has 0 radical (unpaired) electrons. The number of hydrogen-bond acceptors (Lipinski definition) is 5. The number of carbonyl (C=O) groups is 1. The third-order valence-electron chi connectivity index (χ3n) is 7.32. The largest absolute Gasteiger partial charge is 0.487 e. The van der Waals surface area contributed by atoms with Crippen molar-refractivity contribution in [2.24, 2.45) is 5.92 Å². The summed E-state index contributed by atoms with van der Waals surface area (Å²) in [7, 11) is -3.55. The van der Waals surface area contributed by atoms with Crippen molar-refractivity contribution in [3.63, 3.8) is 0 Å². The van der Waals surface area contributed by atoms with E-state index >= 15 is 0 Å². The summed E-state index contributed by atoms with van der Waals surface area (Å²) in [5.41, 5.74) is 0.734. The Hall–Kier alpha value is -2.03. The maximum absolute atomic E-state index is 13.2. The van der Waals surface area contributed by atoms with E-state index in [-0.39, 0.29) is 23.5 Å². The van der Waals surface area contributed by atoms with Gasteiger partial charge in [0.2, 0.25) is 15.9 Å². The Balaban J connectivity index is 1.42. The number of thioether (sulfide) groups is 1. The van der Waals surface area contributed by atoms with Gasteiger partial charge in [-0.3, -0.25) is 4.79 Å². The van der Waals surface area contributed by atoms with E-state index in [1.807, 2.05) is 42.7 Å². The molecule has 8 heteroatoms. The van der Waals surface area contributed by atoms with Gasteiger partial charge < -0.3 is 10.1 Å². The summed E-state index contributed by atoms with van der Waals surface area (Å²) in [5.74, 6) is 0.651. The molecule has 0 bridgehead atoms. The fourth-order valence-electron chi connectivity index (χ4n) is 4.97. The second kappa shape index (κ2) is 10.3. The van der Waals surface area contributed by atoms with Crippen LogP contribution in [0.5, 0.6) is 5.75 Å². The van der Waals surface area contributed by atoms with Crippen LogP contribution in [0.25, 0.3) is 0 Å². The second-order valence-electron chi connectivity index (χ2n) is 9.15. The predicted molar refractivity (Wildman–Crippen MR) is 136 cm³/mol. The third-order valence-corrected chi connectivity index (χ3v) is 9.98. The number of nitrogens with one attached hydrogen (secondary N) is 1. The highest BCUT2D eigenvalue weighted by molar-refractivity contribution is 7.98. The van der Waals surface area contributed by atoms with Gasteiger partial charge in [0, 0.05) is 35.9 Å². The number of para-hydroxylation sites is 1. The number of piperidine rings is 1. The van der Waals surface area contributed by atoms with Crippen molar-refractivity contribution in [2.75, 3.05) is 19.3 Å². The van der Waals surface area contributed by atoms with E-state index < -0.39 is 10.0 Å². The molecule has 0 unspecified atom stereocenters. The van der Waals surface area contributed by atoms with Crippen LogP contribution >= 0.6 is 11.8 Å². The molecule has 6 nitrogen and oxygen atoms in total. The molecule has 0 aromatic heterocycles. The molecule has 0 aliphatic carbocycles. The van der Waals surface area contributed by atoms with Gasteiger partial charge in [0.1, 0.15) is 11.4 Å². The number of rotatable bonds is 7. The fraction of sp³-hybridized carbons (Fsp3) is 0.500. The molecule has 4 rings (SSSR count). The van der Waals surface area contributed by atoms with Gasteiger partial charge in [-0.15, -0.1) is 11.8 Å². The van der Waals surface area contributed by atoms with Crippen LogP contribution in [0.3, 0.4) is 0 Å². The molecule has 2 aromatic rings. The minimum atomic E-state index is -3.55. The Morgan fingerprint density at radius 2 is 1.74 bits per heavy atom. The number of fused-ring (bicyclic) bond motifs is 1. The highest BCUT2D eigenvalue weighted by Crippen LogP contribution is 2.43. The van der Waals surface area contributed by atoms with Crippen LogP contribution in [0.4, 0.5) is 0 Å². The predicted octanol–water partition coefficient (Wildman–Crippen LogP) is 5.01. The standard InChI is InChI=1S/C26H34N2O4S2/c1-4-26(5-2)18-23(22-8-6-7-9-24(22)32-26)27-25(29)19-14-16-28(17-15-19)34(30,31)21-12-10-20(33-3)11-13-21/h6-13,19,23H,4-5,14-18H2,1-3H3,(H,27,29)/t23-/m0/s1. The number of hydrogen-bond donors (Lipinski definition) is 1. The number of benzene rings is 2. The number of nitrogens with zero attached hydrogens (tertiary/aromatic N) is 1. The van der Waals surface area contributed by atoms with Crippen molar-refractivity contribution in [3.05, 3.63) is 54.1 Å². The summed E-state index contributed by atoms with van der Waals surface area (Å²) >= 11 is 1.58. The first-order valence-corrected chi connectivity index (χ1v) is 14.7. The molecular formula is C26H34N2O4S2. The topological polar surface area (TPSA) is 75.7 Å². The van der Waals surface area contributed by atoms with Crippen molar-refractivity contribution < 1.29 is 17.9 Å². The Kier molecular flexibility index (Phi) is 7.60. The minimum absolute atomic E-state index is 0.00387. The lowest BCUT2D eigenvalue weighted by Crippen LogP contribution is -2.47. The molecule has 1 fully saturated rings. The lowest BCUT2D eigenvalue weighted by atomic mass is 9.83. The lowest BCUT2D eigenvalue weighted by molar-refractivity contribution is -0.127. The van der Waals surface area contributed by atoms with E-state index in [4.69, 9.17) is 4.74 Å². The maximum atomic E-state index is 13.2. The molecule has 1 saturated heterocycles. The molecule has 184 valence electrons. The van der Waals surface area contributed by atoms with E-state index in [2.05, 4.69) is 19.2 Å². The summed E-state index contributed by atoms with van der Waals surface area (Å²) < 4.78 is 34.0. The number of sulfonamides is 1. The van der Waals surface area contributed by atoms with Crippen LogP contribution in [-0.4, -0.2) is 43.6 Å². The highest BCUT2D eigenvalue weighted by atomic mass is 32.2. The zero-order chi connectivity index (χ0) is 24.3. The average molecular weight is 503 g/mol. The summed E-state index contributed by atoms with van der Waals surface area (Å²) in [6, 6.07) is 14.8. The Bertz CT molecular complexity index is 1110. The summed E-state index contributed by atoms with van der Waals surface area (Å²) in [5, 5.41) is 3.28. The molecule has 0 spiro atoms. The van der Waals surface area contributed by atoms with Gasteiger partial charge in [-0.1, -0.05) is 32.0 Å². The van der Waals surface area contributed by atoms with Crippen molar-refractivity contribution in [2.45, 2.75) is 67.4 Å². The number of carbonyl (C=O) groups excluding carboxylic acids is 1. The highest BCUT2D eigenvalue weighted by Gasteiger charge is 2.40. The first-order valence-electron chi connectivity index (χ1n) is 12.0. The molecule has 2 aliphatic heterocycles. The zero-order valence-electron chi connectivity index (χ0n) is 20.1. The van der Waals surface area contributed by atoms with Gasteiger partial charge in [-0.05, 0) is 62.3 Å². The van der Waals surface area contributed by atoms with Gasteiger partial charge in [-0.2, -0.15) is 4.31 Å². The molecular weight excluding hydrogens is 468 g/mol. The van der Waals surface area contributed by atoms with Crippen LogP contribution < -0.4 is 10.1 Å². The van der Waals surface area contributed by atoms with Crippen molar-refractivity contribution >= 4 is 27.7 Å². The molecule has 1 atom stereocenters. The molecule has 0 saturated carbocycles. The Morgan fingerprint density at radius 1 is 1.09 bits per heavy atom. The lowest BCUT2D eigenvalue weighted by Gasteiger charge is -2.42. The SMILES string of the molecule is CCC1(CC)C[C@H](NC(=O)C2CCN(S(=O)(=O)c3ccc(SC)cc3)CC2)c2ccccc2O1. The van der Waals surface area contributed by atoms with Gasteiger partial charge in [0.05, 0.1) is 10.9 Å². The molecule has 2 aromatic carbocycles. The van der Waals surface area contributed by atoms with E-state index in [1.165, 1.54) is 4.31 Å². The molecule has 34 heavy (non-hydrogen) atoms. The third kappa shape index (κ3) is 4.99. The molecule has 1 amide bonds. The van der Waals surface area contributed by atoms with Crippen LogP contribution in [0, 0.1) is 5.92 Å². The molecule has 1 N–H and O–H groups in total. The summed E-state index contributed by atoms with van der Waals surface area (Å²) in [6.07, 6.45) is 5.48. The molecule has 2 heterocycles. The van der Waals surface area contributed by atoms with Gasteiger partial charge in [0.25, 0.3) is 0 Å². The maximum Gasteiger partial charge on any atom is 0.243 e. The van der Waals surface area contributed by atoms with E-state index in [9.17, 15) is 13.2 Å². The summed E-state index contributed by atoms with van der Waals surface area (Å²) in [4.78, 5) is 14.6. The van der Waals surface area contributed by atoms with Gasteiger partial charge in [0.15, 0.2) is 0 Å². The zero-order valence-corrected chi connectivity index (χ0v) is 21.8. The van der Waals surface area contributed by atoms with Crippen molar-refractivity contribution in [1.82, 2.24) is 9.62 Å². The Labute approximate surface area is 207 Å². The van der Waals surface area contributed by atoms with E-state index in [0.717, 1.165) is 35.5 Å². The smallest absolute Gasteiger partial charge is 0.243 e. The van der Waals surface area contributed by atoms with Gasteiger partial charge >= 0.3 is 0 Å². The second-order valence-corrected chi connectivity index (χ2v) is 12.0. The first kappa shape index (κ1) is 25.1. The van der Waals surface area contributed by atoms with E-state index in [1.54, 1.807) is 23.9 Å². The van der Waals surface area contributed by atoms with Crippen LogP contribution in [-0.2, 0) is 14.8 Å². The van der Waals surface area contributed by atoms with Gasteiger partial charge in [-0.25, -0.2) is 8.42 Å². The Morgan fingerprint density at radius 3 is 2.35 bits per heavy atom. The first-order chi connectivity index (χ1) is 16.3. The minimum Gasteiger partial charge on any atom is -0.487 e.